The Labute approximate surface area is 315 Å². The Balaban J connectivity index is 1.08. The van der Waals surface area contributed by atoms with Gasteiger partial charge in [0.05, 0.1) is 11.3 Å². The van der Waals surface area contributed by atoms with E-state index in [2.05, 4.69) is 156 Å². The van der Waals surface area contributed by atoms with Gasteiger partial charge < -0.3 is 19.7 Å². The van der Waals surface area contributed by atoms with Crippen LogP contribution in [0.25, 0.3) is 44.9 Å². The molecule has 0 saturated heterocycles. The third kappa shape index (κ3) is 4.98. The third-order valence-electron chi connectivity index (χ3n) is 11.5. The van der Waals surface area contributed by atoms with Gasteiger partial charge in [0.2, 0.25) is 0 Å². The van der Waals surface area contributed by atoms with E-state index < -0.39 is 0 Å². The molecular weight excluding hydrogens is 661 g/mol. The molecule has 0 saturated carbocycles. The van der Waals surface area contributed by atoms with Crippen molar-refractivity contribution in [3.8, 4) is 33.7 Å². The van der Waals surface area contributed by atoms with Crippen molar-refractivity contribution in [3.63, 3.8) is 0 Å². The Morgan fingerprint density at radius 2 is 1.19 bits per heavy atom. The molecule has 0 aliphatic heterocycles. The molecule has 8 aromatic rings. The average molecular weight is 699 g/mol. The highest BCUT2D eigenvalue weighted by Crippen LogP contribution is 2.54. The third-order valence-corrected chi connectivity index (χ3v) is 11.5. The van der Waals surface area contributed by atoms with Crippen LogP contribution in [-0.2, 0) is 11.8 Å². The van der Waals surface area contributed by atoms with Crippen LogP contribution in [0.3, 0.4) is 0 Å². The SMILES string of the molecule is CC1(c2ccccc2)c2ccccc2-c2ccc(N(c3ccc(O)cc3)c3ccc(-c4ccc5c(c4)c4c(n5-c5ccccc5)CCC(O)=C4)cc3)cc21. The van der Waals surface area contributed by atoms with Gasteiger partial charge in [-0.2, -0.15) is 0 Å². The molecule has 0 fully saturated rings. The van der Waals surface area contributed by atoms with E-state index in [4.69, 9.17) is 0 Å². The maximum atomic E-state index is 10.6. The molecule has 54 heavy (non-hydrogen) atoms. The van der Waals surface area contributed by atoms with Crippen LogP contribution in [0.2, 0.25) is 0 Å². The number of allylic oxidation sites excluding steroid dienone is 1. The molecule has 0 amide bonds. The standard InChI is InChI=1S/C50H38N2O2/c1-50(35-10-4-2-5-11-35)46-15-9-8-14-42(46)43-27-23-39(31-47(43)50)51(38-21-24-40(53)25-22-38)37-19-16-33(17-20-37)34-18-28-48-44(30-34)45-32-41(54)26-29-49(45)52(48)36-12-6-3-7-13-36/h2-25,27-28,30-32,53-54H,26,29H2,1H3. The van der Waals surface area contributed by atoms with E-state index in [0.717, 1.165) is 56.8 Å². The fourth-order valence-electron chi connectivity index (χ4n) is 8.87. The van der Waals surface area contributed by atoms with E-state index in [1.165, 1.54) is 33.5 Å². The van der Waals surface area contributed by atoms with Crippen molar-refractivity contribution in [2.45, 2.75) is 25.2 Å². The molecule has 1 heterocycles. The fourth-order valence-corrected chi connectivity index (χ4v) is 8.87. The highest BCUT2D eigenvalue weighted by atomic mass is 16.3. The van der Waals surface area contributed by atoms with Gasteiger partial charge >= 0.3 is 0 Å². The topological polar surface area (TPSA) is 48.6 Å². The number of aromatic nitrogens is 1. The number of fused-ring (bicyclic) bond motifs is 6. The van der Waals surface area contributed by atoms with Crippen LogP contribution < -0.4 is 4.90 Å². The van der Waals surface area contributed by atoms with Gasteiger partial charge in [0.15, 0.2) is 0 Å². The number of phenolic OH excluding ortho intramolecular Hbond substituents is 1. The first-order valence-electron chi connectivity index (χ1n) is 18.6. The summed E-state index contributed by atoms with van der Waals surface area (Å²) in [6.07, 6.45) is 3.38. The van der Waals surface area contributed by atoms with Crippen molar-refractivity contribution in [1.29, 1.82) is 0 Å². The van der Waals surface area contributed by atoms with Crippen LogP contribution in [0.4, 0.5) is 17.1 Å². The van der Waals surface area contributed by atoms with Crippen molar-refractivity contribution in [2.75, 3.05) is 4.90 Å². The molecule has 4 heteroatoms. The minimum Gasteiger partial charge on any atom is -0.512 e. The summed E-state index contributed by atoms with van der Waals surface area (Å²) in [4.78, 5) is 2.27. The molecular formula is C50H38N2O2. The molecule has 7 aromatic carbocycles. The van der Waals surface area contributed by atoms with Gasteiger partial charge in [-0.1, -0.05) is 97.1 Å². The number of rotatable bonds is 6. The molecule has 2 N–H and O–H groups in total. The predicted octanol–water partition coefficient (Wildman–Crippen LogP) is 12.7. The lowest BCUT2D eigenvalue weighted by atomic mass is 9.74. The van der Waals surface area contributed by atoms with Crippen molar-refractivity contribution in [1.82, 2.24) is 4.57 Å². The smallest absolute Gasteiger partial charge is 0.115 e. The molecule has 0 bridgehead atoms. The number of phenols is 1. The lowest BCUT2D eigenvalue weighted by Crippen LogP contribution is -2.22. The summed E-state index contributed by atoms with van der Waals surface area (Å²) in [5.41, 5.74) is 15.9. The second-order valence-corrected chi connectivity index (χ2v) is 14.6. The van der Waals surface area contributed by atoms with Crippen LogP contribution in [0, 0.1) is 0 Å². The van der Waals surface area contributed by atoms with Gasteiger partial charge in [-0.15, -0.1) is 0 Å². The van der Waals surface area contributed by atoms with Crippen molar-refractivity contribution < 1.29 is 10.2 Å². The summed E-state index contributed by atoms with van der Waals surface area (Å²) >= 11 is 0. The summed E-state index contributed by atoms with van der Waals surface area (Å²) in [5.74, 6) is 0.662. The first-order chi connectivity index (χ1) is 26.5. The van der Waals surface area contributed by atoms with Crippen LogP contribution in [0.15, 0.2) is 176 Å². The van der Waals surface area contributed by atoms with Crippen LogP contribution >= 0.6 is 0 Å². The molecule has 0 radical (unpaired) electrons. The molecule has 1 aromatic heterocycles. The van der Waals surface area contributed by atoms with Crippen molar-refractivity contribution in [3.05, 3.63) is 204 Å². The molecule has 1 atom stereocenters. The van der Waals surface area contributed by atoms with Gasteiger partial charge in [-0.3, -0.25) is 0 Å². The van der Waals surface area contributed by atoms with Crippen LogP contribution in [0.5, 0.6) is 5.75 Å². The molecule has 1 unspecified atom stereocenters. The van der Waals surface area contributed by atoms with E-state index in [-0.39, 0.29) is 11.2 Å². The first kappa shape index (κ1) is 31.9. The second-order valence-electron chi connectivity index (χ2n) is 14.6. The largest absolute Gasteiger partial charge is 0.512 e. The lowest BCUT2D eigenvalue weighted by Gasteiger charge is -2.31. The van der Waals surface area contributed by atoms with E-state index in [0.29, 0.717) is 12.2 Å². The Morgan fingerprint density at radius 1 is 0.556 bits per heavy atom. The molecule has 260 valence electrons. The van der Waals surface area contributed by atoms with E-state index >= 15 is 0 Å². The number of aliphatic hydroxyl groups excluding tert-OH is 1. The normalized spacial score (nSPS) is 15.7. The predicted molar refractivity (Wildman–Crippen MR) is 221 cm³/mol. The van der Waals surface area contributed by atoms with E-state index in [1.54, 1.807) is 12.1 Å². The molecule has 4 nitrogen and oxygen atoms in total. The zero-order valence-corrected chi connectivity index (χ0v) is 29.9. The van der Waals surface area contributed by atoms with Gasteiger partial charge in [0.1, 0.15) is 5.75 Å². The summed E-state index contributed by atoms with van der Waals surface area (Å²) in [5, 5.41) is 22.0. The van der Waals surface area contributed by atoms with Crippen LogP contribution in [-0.4, -0.2) is 14.8 Å². The number of aromatic hydroxyl groups is 1. The monoisotopic (exact) mass is 698 g/mol. The number of para-hydroxylation sites is 1. The average Bonchev–Trinajstić information content (AvgIpc) is 3.68. The molecule has 0 spiro atoms. The number of hydrogen-bond donors (Lipinski definition) is 2. The summed E-state index contributed by atoms with van der Waals surface area (Å²) < 4.78 is 2.34. The van der Waals surface area contributed by atoms with Gasteiger partial charge in [-0.05, 0) is 131 Å². The van der Waals surface area contributed by atoms with Crippen molar-refractivity contribution in [2.24, 2.45) is 0 Å². The lowest BCUT2D eigenvalue weighted by molar-refractivity contribution is 0.390. The van der Waals surface area contributed by atoms with E-state index in [1.807, 2.05) is 24.3 Å². The minimum atomic E-state index is -0.322. The van der Waals surface area contributed by atoms with E-state index in [9.17, 15) is 10.2 Å². The zero-order chi connectivity index (χ0) is 36.4. The first-order valence-corrected chi connectivity index (χ1v) is 18.6. The number of nitrogens with zero attached hydrogens (tertiary/aromatic N) is 2. The molecule has 2 aliphatic carbocycles. The van der Waals surface area contributed by atoms with Crippen LogP contribution in [0.1, 0.15) is 41.3 Å². The van der Waals surface area contributed by atoms with Gasteiger partial charge in [0, 0.05) is 51.2 Å². The summed E-state index contributed by atoms with van der Waals surface area (Å²) in [6, 6.07) is 59.7. The Kier molecular flexibility index (Phi) is 7.34. The Hall–Kier alpha value is -6.78. The number of aliphatic hydroxyl groups is 1. The maximum absolute atomic E-state index is 10.6. The zero-order valence-electron chi connectivity index (χ0n) is 29.9. The fraction of sp³-hybridized carbons (Fsp3) is 0.0800. The number of anilines is 3. The highest BCUT2D eigenvalue weighted by molar-refractivity contribution is 5.96. The van der Waals surface area contributed by atoms with Gasteiger partial charge in [-0.25, -0.2) is 0 Å². The maximum Gasteiger partial charge on any atom is 0.115 e. The Morgan fingerprint density at radius 3 is 1.94 bits per heavy atom. The number of hydrogen-bond acceptors (Lipinski definition) is 3. The molecule has 2 aliphatic rings. The minimum absolute atomic E-state index is 0.233. The highest BCUT2D eigenvalue weighted by Gasteiger charge is 2.41. The quantitative estimate of drug-likeness (QED) is 0.182. The van der Waals surface area contributed by atoms with Gasteiger partial charge in [0.25, 0.3) is 0 Å². The second kappa shape index (κ2) is 12.4. The Bertz CT molecular complexity index is 2730. The summed E-state index contributed by atoms with van der Waals surface area (Å²) in [6.45, 7) is 2.34. The van der Waals surface area contributed by atoms with Crippen molar-refractivity contribution >= 4 is 34.0 Å². The molecule has 10 rings (SSSR count). The summed E-state index contributed by atoms with van der Waals surface area (Å²) in [7, 11) is 0. The number of benzene rings is 7.